The van der Waals surface area contributed by atoms with E-state index in [1.54, 1.807) is 6.08 Å². The minimum absolute atomic E-state index is 0.217. The Labute approximate surface area is 228 Å². The summed E-state index contributed by atoms with van der Waals surface area (Å²) in [4.78, 5) is 27.2. The van der Waals surface area contributed by atoms with Crippen molar-refractivity contribution in [1.82, 2.24) is 4.90 Å². The van der Waals surface area contributed by atoms with Crippen LogP contribution in [0.5, 0.6) is 11.5 Å². The van der Waals surface area contributed by atoms with Crippen LogP contribution in [0.15, 0.2) is 94.3 Å². The Kier molecular flexibility index (Phi) is 7.63. The lowest BCUT2D eigenvalue weighted by molar-refractivity contribution is -0.123. The van der Waals surface area contributed by atoms with E-state index in [2.05, 4.69) is 46.3 Å². The highest BCUT2D eigenvalue weighted by Gasteiger charge is 2.35. The van der Waals surface area contributed by atoms with Gasteiger partial charge in [0.1, 0.15) is 6.61 Å². The number of hydrogen-bond donors (Lipinski definition) is 0. The van der Waals surface area contributed by atoms with Gasteiger partial charge in [-0.05, 0) is 76.5 Å². The summed E-state index contributed by atoms with van der Waals surface area (Å²) in [7, 11) is 0. The molecule has 0 N–H and O–H groups in total. The van der Waals surface area contributed by atoms with Gasteiger partial charge in [0.25, 0.3) is 11.1 Å². The maximum absolute atomic E-state index is 13.0. The second-order valence-corrected chi connectivity index (χ2v) is 10.3. The fourth-order valence-electron chi connectivity index (χ4n) is 4.08. The average molecular weight is 574 g/mol. The van der Waals surface area contributed by atoms with Crippen LogP contribution in [0.3, 0.4) is 0 Å². The van der Waals surface area contributed by atoms with Gasteiger partial charge < -0.3 is 9.47 Å². The topological polar surface area (TPSA) is 55.8 Å². The number of ether oxygens (including phenoxy) is 2. The second kappa shape index (κ2) is 11.2. The smallest absolute Gasteiger partial charge is 0.293 e. The molecule has 7 heteroatoms. The Morgan fingerprint density at radius 1 is 0.865 bits per heavy atom. The third-order valence-electron chi connectivity index (χ3n) is 5.93. The maximum atomic E-state index is 13.0. The molecule has 1 fully saturated rings. The first-order valence-electron chi connectivity index (χ1n) is 11.9. The van der Waals surface area contributed by atoms with E-state index in [4.69, 9.17) is 9.47 Å². The first kappa shape index (κ1) is 25.1. The molecule has 186 valence electrons. The Morgan fingerprint density at radius 2 is 1.65 bits per heavy atom. The number of amides is 2. The van der Waals surface area contributed by atoms with Crippen molar-refractivity contribution in [2.45, 2.75) is 20.1 Å². The summed E-state index contributed by atoms with van der Waals surface area (Å²) in [5, 5.41) is 2.07. The molecule has 1 saturated heterocycles. The highest BCUT2D eigenvalue weighted by molar-refractivity contribution is 9.10. The van der Waals surface area contributed by atoms with Crippen molar-refractivity contribution in [3.63, 3.8) is 0 Å². The van der Waals surface area contributed by atoms with Crippen molar-refractivity contribution >= 4 is 55.7 Å². The Morgan fingerprint density at radius 3 is 2.46 bits per heavy atom. The number of carbonyl (C=O) groups excluding carboxylic acids is 2. The molecule has 37 heavy (non-hydrogen) atoms. The van der Waals surface area contributed by atoms with E-state index in [0.717, 1.165) is 38.3 Å². The van der Waals surface area contributed by atoms with Crippen LogP contribution in [-0.2, 0) is 17.9 Å². The molecule has 0 atom stereocenters. The molecule has 5 rings (SSSR count). The molecular formula is C30H24BrNO4S. The molecule has 0 saturated carbocycles. The predicted octanol–water partition coefficient (Wildman–Crippen LogP) is 7.82. The number of fused-ring (bicyclic) bond motifs is 1. The number of nitrogens with zero attached hydrogens (tertiary/aromatic N) is 1. The fraction of sp³-hybridized carbons (Fsp3) is 0.133. The van der Waals surface area contributed by atoms with Crippen molar-refractivity contribution < 1.29 is 19.1 Å². The first-order valence-corrected chi connectivity index (χ1v) is 13.5. The van der Waals surface area contributed by atoms with Crippen LogP contribution in [0, 0.1) is 0 Å². The van der Waals surface area contributed by atoms with E-state index >= 15 is 0 Å². The molecule has 0 unspecified atom stereocenters. The van der Waals surface area contributed by atoms with Crippen molar-refractivity contribution in [2.24, 2.45) is 0 Å². The normalized spacial score (nSPS) is 14.5. The van der Waals surface area contributed by atoms with Crippen molar-refractivity contribution in [3.8, 4) is 11.5 Å². The second-order valence-electron chi connectivity index (χ2n) is 8.47. The Bertz CT molecular complexity index is 1520. The van der Waals surface area contributed by atoms with Crippen LogP contribution in [-0.4, -0.2) is 22.7 Å². The third kappa shape index (κ3) is 5.73. The van der Waals surface area contributed by atoms with Gasteiger partial charge in [-0.2, -0.15) is 0 Å². The van der Waals surface area contributed by atoms with Gasteiger partial charge in [0.2, 0.25) is 0 Å². The van der Waals surface area contributed by atoms with Gasteiger partial charge in [0.15, 0.2) is 11.5 Å². The molecule has 4 aromatic rings. The molecule has 5 nitrogen and oxygen atoms in total. The summed E-state index contributed by atoms with van der Waals surface area (Å²) < 4.78 is 12.8. The number of thioether (sulfide) groups is 1. The zero-order valence-corrected chi connectivity index (χ0v) is 22.6. The van der Waals surface area contributed by atoms with Gasteiger partial charge in [-0.25, -0.2) is 0 Å². The number of rotatable bonds is 8. The summed E-state index contributed by atoms with van der Waals surface area (Å²) in [5.74, 6) is 0.902. The van der Waals surface area contributed by atoms with Crippen LogP contribution in [0.4, 0.5) is 4.79 Å². The van der Waals surface area contributed by atoms with E-state index in [1.165, 1.54) is 10.3 Å². The SMILES string of the molecule is CCOc1cc(/C=C2/SC(=O)N(Cc3ccccc3Br)C2=O)ccc1OCc1ccc2ccccc2c1. The van der Waals surface area contributed by atoms with Crippen molar-refractivity contribution in [2.75, 3.05) is 6.61 Å². The molecule has 2 amide bonds. The number of benzene rings is 4. The molecule has 0 aromatic heterocycles. The lowest BCUT2D eigenvalue weighted by Crippen LogP contribution is -2.27. The zero-order valence-electron chi connectivity index (χ0n) is 20.1. The summed E-state index contributed by atoms with van der Waals surface area (Å²) in [5.41, 5.74) is 2.69. The van der Waals surface area contributed by atoms with Crippen LogP contribution < -0.4 is 9.47 Å². The largest absolute Gasteiger partial charge is 0.490 e. The molecule has 0 bridgehead atoms. The third-order valence-corrected chi connectivity index (χ3v) is 7.61. The summed E-state index contributed by atoms with van der Waals surface area (Å²) in [6.07, 6.45) is 1.72. The van der Waals surface area contributed by atoms with Crippen LogP contribution in [0.1, 0.15) is 23.6 Å². The number of hydrogen-bond acceptors (Lipinski definition) is 5. The van der Waals surface area contributed by atoms with Crippen LogP contribution in [0.25, 0.3) is 16.8 Å². The van der Waals surface area contributed by atoms with E-state index in [-0.39, 0.29) is 17.7 Å². The molecular weight excluding hydrogens is 550 g/mol. The van der Waals surface area contributed by atoms with Gasteiger partial charge in [0, 0.05) is 4.47 Å². The molecule has 1 aliphatic rings. The van der Waals surface area contributed by atoms with Crippen molar-refractivity contribution in [1.29, 1.82) is 0 Å². The molecule has 1 heterocycles. The van der Waals surface area contributed by atoms with Gasteiger partial charge in [-0.15, -0.1) is 0 Å². The monoisotopic (exact) mass is 573 g/mol. The number of carbonyl (C=O) groups is 2. The number of halogens is 1. The van der Waals surface area contributed by atoms with E-state index in [0.29, 0.717) is 29.6 Å². The van der Waals surface area contributed by atoms with Gasteiger partial charge in [-0.3, -0.25) is 14.5 Å². The fourth-order valence-corrected chi connectivity index (χ4v) is 5.32. The molecule has 4 aromatic carbocycles. The Balaban J connectivity index is 1.32. The van der Waals surface area contributed by atoms with Gasteiger partial charge >= 0.3 is 0 Å². The standard InChI is InChI=1S/C30H24BrNO4S/c1-2-35-27-16-20(12-14-26(27)36-19-21-11-13-22-7-3-4-8-23(22)15-21)17-28-29(33)32(30(34)37-28)18-24-9-5-6-10-25(24)31/h3-17H,2,18-19H2,1H3/b28-17+. The predicted molar refractivity (Wildman–Crippen MR) is 152 cm³/mol. The summed E-state index contributed by atoms with van der Waals surface area (Å²) in [6.45, 7) is 3.00. The molecule has 0 aliphatic carbocycles. The minimum atomic E-state index is -0.305. The van der Waals surface area contributed by atoms with Gasteiger partial charge in [0.05, 0.1) is 18.1 Å². The minimum Gasteiger partial charge on any atom is -0.490 e. The lowest BCUT2D eigenvalue weighted by atomic mass is 10.1. The van der Waals surface area contributed by atoms with Gasteiger partial charge in [-0.1, -0.05) is 76.6 Å². The first-order chi connectivity index (χ1) is 18.0. The summed E-state index contributed by atoms with van der Waals surface area (Å²) in [6, 6.07) is 27.6. The van der Waals surface area contributed by atoms with E-state index < -0.39 is 0 Å². The highest BCUT2D eigenvalue weighted by Crippen LogP contribution is 2.36. The van der Waals surface area contributed by atoms with E-state index in [1.807, 2.05) is 61.5 Å². The number of imide groups is 1. The zero-order chi connectivity index (χ0) is 25.8. The quantitative estimate of drug-likeness (QED) is 0.201. The summed E-state index contributed by atoms with van der Waals surface area (Å²) >= 11 is 4.43. The van der Waals surface area contributed by atoms with E-state index in [9.17, 15) is 9.59 Å². The van der Waals surface area contributed by atoms with Crippen LogP contribution >= 0.6 is 27.7 Å². The molecule has 0 radical (unpaired) electrons. The highest BCUT2D eigenvalue weighted by atomic mass is 79.9. The average Bonchev–Trinajstić information content (AvgIpc) is 3.16. The lowest BCUT2D eigenvalue weighted by Gasteiger charge is -2.14. The molecule has 1 aliphatic heterocycles. The Hall–Kier alpha value is -3.55. The van der Waals surface area contributed by atoms with Crippen molar-refractivity contribution in [3.05, 3.63) is 111 Å². The van der Waals surface area contributed by atoms with Crippen LogP contribution in [0.2, 0.25) is 0 Å². The maximum Gasteiger partial charge on any atom is 0.293 e. The molecule has 0 spiro atoms.